The molecule has 0 unspecified atom stereocenters. The van der Waals surface area contributed by atoms with Gasteiger partial charge in [-0.2, -0.15) is 0 Å². The van der Waals surface area contributed by atoms with Crippen LogP contribution in [0.3, 0.4) is 0 Å². The van der Waals surface area contributed by atoms with Gasteiger partial charge in [-0.15, -0.1) is 0 Å². The number of carbonyl (C=O) groups excluding carboxylic acids is 4. The molecule has 43 heavy (non-hydrogen) atoms. The number of primary amides is 1. The van der Waals surface area contributed by atoms with Crippen molar-refractivity contribution in [1.29, 1.82) is 0 Å². The fraction of sp³-hybridized carbons (Fsp3) is 0.500. The van der Waals surface area contributed by atoms with Crippen LogP contribution in [-0.4, -0.2) is 59.7 Å². The summed E-state index contributed by atoms with van der Waals surface area (Å²) < 4.78 is 16.1. The molecule has 236 valence electrons. The number of rotatable bonds is 17. The van der Waals surface area contributed by atoms with Gasteiger partial charge in [-0.3, -0.25) is 9.59 Å². The van der Waals surface area contributed by atoms with Crippen LogP contribution in [0.5, 0.6) is 11.5 Å². The number of amides is 3. The number of hydrogen-bond acceptors (Lipinski definition) is 8. The van der Waals surface area contributed by atoms with E-state index < -0.39 is 30.1 Å². The van der Waals surface area contributed by atoms with Crippen molar-refractivity contribution >= 4 is 23.9 Å². The number of alkyl carbamates (subject to hydrolysis) is 1. The van der Waals surface area contributed by atoms with Gasteiger partial charge in [-0.1, -0.05) is 58.0 Å². The maximum Gasteiger partial charge on any atom is 0.408 e. The van der Waals surface area contributed by atoms with Crippen LogP contribution in [0.15, 0.2) is 48.5 Å². The van der Waals surface area contributed by atoms with Crippen LogP contribution in [0.4, 0.5) is 4.79 Å². The minimum atomic E-state index is -1.00. The Bertz CT molecular complexity index is 1200. The SMILES string of the molecule is COC(=O)[C@H](C(C)C)N(Cc1ccc(OCCCCC(N)=O)cc1O)C(=O)[C@H](CC(C)C)NC(=O)OCc1ccccc1. The Morgan fingerprint density at radius 2 is 1.70 bits per heavy atom. The van der Waals surface area contributed by atoms with Crippen molar-refractivity contribution in [3.8, 4) is 11.5 Å². The largest absolute Gasteiger partial charge is 0.507 e. The summed E-state index contributed by atoms with van der Waals surface area (Å²) in [5.41, 5.74) is 6.33. The third kappa shape index (κ3) is 11.9. The van der Waals surface area contributed by atoms with Gasteiger partial charge in [0.15, 0.2) is 0 Å². The lowest BCUT2D eigenvalue weighted by atomic mass is 9.97. The highest BCUT2D eigenvalue weighted by molar-refractivity contribution is 5.90. The number of unbranched alkanes of at least 4 members (excludes halogenated alkanes) is 1. The molecule has 4 N–H and O–H groups in total. The smallest absolute Gasteiger partial charge is 0.408 e. The third-order valence-corrected chi connectivity index (χ3v) is 6.69. The van der Waals surface area contributed by atoms with E-state index in [-0.39, 0.29) is 49.5 Å². The lowest BCUT2D eigenvalue weighted by Gasteiger charge is -2.35. The fourth-order valence-electron chi connectivity index (χ4n) is 4.54. The molecule has 0 saturated heterocycles. The van der Waals surface area contributed by atoms with Gasteiger partial charge in [0.25, 0.3) is 0 Å². The molecule has 0 spiro atoms. The first-order chi connectivity index (χ1) is 20.4. The van der Waals surface area contributed by atoms with Crippen molar-refractivity contribution in [3.05, 3.63) is 59.7 Å². The molecule has 0 radical (unpaired) electrons. The number of phenolic OH excluding ortho intramolecular Hbond substituents is 1. The Hall–Kier alpha value is -4.28. The molecule has 11 nitrogen and oxygen atoms in total. The highest BCUT2D eigenvalue weighted by atomic mass is 16.5. The minimum absolute atomic E-state index is 0.0219. The summed E-state index contributed by atoms with van der Waals surface area (Å²) in [4.78, 5) is 52.0. The predicted octanol–water partition coefficient (Wildman–Crippen LogP) is 4.29. The molecule has 2 atom stereocenters. The lowest BCUT2D eigenvalue weighted by molar-refractivity contribution is -0.156. The van der Waals surface area contributed by atoms with Crippen LogP contribution >= 0.6 is 0 Å². The molecule has 11 heteroatoms. The van der Waals surface area contributed by atoms with Gasteiger partial charge in [0.2, 0.25) is 11.8 Å². The number of nitrogens with one attached hydrogen (secondary N) is 1. The molecule has 0 bridgehead atoms. The first kappa shape index (κ1) is 34.9. The molecule has 2 aromatic carbocycles. The molecular formula is C32H45N3O8. The molecule has 0 aliphatic rings. The van der Waals surface area contributed by atoms with E-state index in [1.165, 1.54) is 18.1 Å². The first-order valence-corrected chi connectivity index (χ1v) is 14.5. The molecule has 2 rings (SSSR count). The fourth-order valence-corrected chi connectivity index (χ4v) is 4.54. The highest BCUT2D eigenvalue weighted by Gasteiger charge is 2.38. The van der Waals surface area contributed by atoms with Crippen molar-refractivity contribution in [2.24, 2.45) is 17.6 Å². The summed E-state index contributed by atoms with van der Waals surface area (Å²) >= 11 is 0. The summed E-state index contributed by atoms with van der Waals surface area (Å²) in [6.45, 7) is 7.64. The number of benzene rings is 2. The van der Waals surface area contributed by atoms with Crippen molar-refractivity contribution in [3.63, 3.8) is 0 Å². The van der Waals surface area contributed by atoms with E-state index in [2.05, 4.69) is 5.32 Å². The third-order valence-electron chi connectivity index (χ3n) is 6.69. The van der Waals surface area contributed by atoms with E-state index in [0.29, 0.717) is 30.8 Å². The van der Waals surface area contributed by atoms with Crippen LogP contribution in [0.2, 0.25) is 0 Å². The molecular weight excluding hydrogens is 554 g/mol. The number of carbonyl (C=O) groups is 4. The Morgan fingerprint density at radius 1 is 1.00 bits per heavy atom. The molecule has 2 aromatic rings. The van der Waals surface area contributed by atoms with Crippen LogP contribution in [0.1, 0.15) is 64.5 Å². The normalized spacial score (nSPS) is 12.3. The van der Waals surface area contributed by atoms with Gasteiger partial charge in [-0.25, -0.2) is 9.59 Å². The van der Waals surface area contributed by atoms with Crippen molar-refractivity contribution in [1.82, 2.24) is 10.2 Å². The maximum absolute atomic E-state index is 14.1. The van der Waals surface area contributed by atoms with Crippen LogP contribution in [-0.2, 0) is 37.0 Å². The Kier molecular flexibility index (Phi) is 14.3. The second kappa shape index (κ2) is 17.6. The average Bonchev–Trinajstić information content (AvgIpc) is 2.95. The van der Waals surface area contributed by atoms with Gasteiger partial charge in [0.1, 0.15) is 30.2 Å². The predicted molar refractivity (Wildman–Crippen MR) is 161 cm³/mol. The van der Waals surface area contributed by atoms with Gasteiger partial charge >= 0.3 is 12.1 Å². The molecule has 0 aliphatic heterocycles. The first-order valence-electron chi connectivity index (χ1n) is 14.5. The number of nitrogens with zero attached hydrogens (tertiary/aromatic N) is 1. The Balaban J connectivity index is 2.27. The number of phenols is 1. The second-order valence-corrected chi connectivity index (χ2v) is 11.1. The maximum atomic E-state index is 14.1. The van der Waals surface area contributed by atoms with Gasteiger partial charge in [0.05, 0.1) is 20.3 Å². The monoisotopic (exact) mass is 599 g/mol. The van der Waals surface area contributed by atoms with E-state index in [0.717, 1.165) is 5.56 Å². The van der Waals surface area contributed by atoms with E-state index in [1.54, 1.807) is 26.0 Å². The van der Waals surface area contributed by atoms with E-state index in [4.69, 9.17) is 19.9 Å². The highest BCUT2D eigenvalue weighted by Crippen LogP contribution is 2.28. The molecule has 0 aromatic heterocycles. The van der Waals surface area contributed by atoms with Gasteiger partial charge < -0.3 is 35.3 Å². The molecule has 0 saturated carbocycles. The zero-order valence-corrected chi connectivity index (χ0v) is 25.7. The number of methoxy groups -OCH3 is 1. The van der Waals surface area contributed by atoms with Crippen LogP contribution < -0.4 is 15.8 Å². The number of aromatic hydroxyl groups is 1. The van der Waals surface area contributed by atoms with Crippen LogP contribution in [0.25, 0.3) is 0 Å². The van der Waals surface area contributed by atoms with Crippen LogP contribution in [0, 0.1) is 11.8 Å². The zero-order chi connectivity index (χ0) is 31.9. The summed E-state index contributed by atoms with van der Waals surface area (Å²) in [6.07, 6.45) is 0.997. The topological polar surface area (TPSA) is 157 Å². The standard InChI is InChI=1S/C32H45N3O8/c1-21(2)17-26(34-32(40)43-20-23-11-7-6-8-12-23)30(38)35(29(22(3)4)31(39)41-5)19-24-14-15-25(18-27(24)36)42-16-10-9-13-28(33)37/h6-8,11-12,14-15,18,21-22,26,29,36H,9-10,13,16-17,19-20H2,1-5H3,(H2,33,37)(H,34,40)/t26-,29-/m0/s1. The number of hydrogen-bond donors (Lipinski definition) is 3. The Morgan fingerprint density at radius 3 is 2.28 bits per heavy atom. The zero-order valence-electron chi connectivity index (χ0n) is 25.7. The number of ether oxygens (including phenoxy) is 3. The van der Waals surface area contributed by atoms with Crippen molar-refractivity contribution < 1.29 is 38.5 Å². The number of esters is 1. The second-order valence-electron chi connectivity index (χ2n) is 11.1. The molecule has 0 aliphatic carbocycles. The van der Waals surface area contributed by atoms with Crippen molar-refractivity contribution in [2.75, 3.05) is 13.7 Å². The summed E-state index contributed by atoms with van der Waals surface area (Å²) in [7, 11) is 1.25. The van der Waals surface area contributed by atoms with E-state index in [9.17, 15) is 24.3 Å². The van der Waals surface area contributed by atoms with E-state index >= 15 is 0 Å². The summed E-state index contributed by atoms with van der Waals surface area (Å²) in [5.74, 6) is -1.54. The molecule has 0 heterocycles. The molecule has 0 fully saturated rings. The summed E-state index contributed by atoms with van der Waals surface area (Å²) in [5, 5.41) is 13.5. The van der Waals surface area contributed by atoms with E-state index in [1.807, 2.05) is 44.2 Å². The minimum Gasteiger partial charge on any atom is -0.507 e. The van der Waals surface area contributed by atoms with Crippen molar-refractivity contribution in [2.45, 2.75) is 78.6 Å². The summed E-state index contributed by atoms with van der Waals surface area (Å²) in [6, 6.07) is 11.9. The average molecular weight is 600 g/mol. The molecule has 3 amide bonds. The Labute approximate surface area is 253 Å². The number of nitrogens with two attached hydrogens (primary N) is 1. The van der Waals surface area contributed by atoms with Gasteiger partial charge in [0, 0.05) is 18.1 Å². The quantitative estimate of drug-likeness (QED) is 0.179. The van der Waals surface area contributed by atoms with Gasteiger partial charge in [-0.05, 0) is 48.8 Å². The lowest BCUT2D eigenvalue weighted by Crippen LogP contribution is -2.55.